The van der Waals surface area contributed by atoms with Crippen LogP contribution in [0.15, 0.2) is 40.9 Å². The van der Waals surface area contributed by atoms with E-state index in [0.29, 0.717) is 6.61 Å². The molecule has 2 aromatic carbocycles. The normalized spacial score (nSPS) is 11.6. The summed E-state index contributed by atoms with van der Waals surface area (Å²) in [5, 5.41) is 9.85. The van der Waals surface area contributed by atoms with Gasteiger partial charge in [-0.15, -0.1) is 0 Å². The first-order valence-corrected chi connectivity index (χ1v) is 7.34. The smallest absolute Gasteiger partial charge is 0.119 e. The lowest BCUT2D eigenvalue weighted by molar-refractivity contribution is 0.269. The second-order valence-electron chi connectivity index (χ2n) is 5.55. The molecule has 0 spiro atoms. The molecule has 0 radical (unpaired) electrons. The molecule has 0 saturated carbocycles. The maximum absolute atomic E-state index is 7.53. The first kappa shape index (κ1) is 14.9. The van der Waals surface area contributed by atoms with Gasteiger partial charge >= 0.3 is 0 Å². The largest absolute Gasteiger partial charge is 0.494 e. The number of hydrogen-bond acceptors (Lipinski definition) is 2. The Hall–Kier alpha value is -1.55. The van der Waals surface area contributed by atoms with Gasteiger partial charge in [-0.25, -0.2) is 0 Å². The molecule has 20 heavy (non-hydrogen) atoms. The molecule has 0 amide bonds. The van der Waals surface area contributed by atoms with E-state index < -0.39 is 0 Å². The highest BCUT2D eigenvalue weighted by Crippen LogP contribution is 2.25. The molecule has 0 unspecified atom stereocenters. The van der Waals surface area contributed by atoms with Crippen molar-refractivity contribution in [3.8, 4) is 5.75 Å². The summed E-state index contributed by atoms with van der Waals surface area (Å²) >= 11 is 3.47. The van der Waals surface area contributed by atoms with Crippen molar-refractivity contribution >= 4 is 32.5 Å². The summed E-state index contributed by atoms with van der Waals surface area (Å²) < 4.78 is 6.84. The number of nitrogens with one attached hydrogen (secondary N) is 1. The number of halogens is 1. The van der Waals surface area contributed by atoms with E-state index in [2.05, 4.69) is 28.1 Å². The van der Waals surface area contributed by atoms with Crippen LogP contribution in [0.25, 0.3) is 10.8 Å². The van der Waals surface area contributed by atoms with E-state index in [1.807, 2.05) is 38.1 Å². The Labute approximate surface area is 127 Å². The quantitative estimate of drug-likeness (QED) is 0.631. The third kappa shape index (κ3) is 3.51. The van der Waals surface area contributed by atoms with E-state index in [4.69, 9.17) is 15.9 Å². The molecule has 0 heterocycles. The summed E-state index contributed by atoms with van der Waals surface area (Å²) in [6, 6.07) is 12.2. The molecule has 0 atom stereocenters. The summed E-state index contributed by atoms with van der Waals surface area (Å²) in [4.78, 5) is 0. The van der Waals surface area contributed by atoms with Crippen LogP contribution in [-0.2, 0) is 0 Å². The monoisotopic (exact) mass is 334 g/mol. The summed E-state index contributed by atoms with van der Waals surface area (Å²) in [7, 11) is 0. The summed E-state index contributed by atoms with van der Waals surface area (Å²) in [5.41, 5.74) is 5.24. The van der Waals surface area contributed by atoms with E-state index in [-0.39, 0.29) is 11.3 Å². The number of rotatable bonds is 5. The molecule has 4 heteroatoms. The first-order chi connectivity index (χ1) is 9.38. The van der Waals surface area contributed by atoms with Gasteiger partial charge in [0.2, 0.25) is 0 Å². The zero-order valence-electron chi connectivity index (χ0n) is 11.7. The Morgan fingerprint density at radius 3 is 2.55 bits per heavy atom. The summed E-state index contributed by atoms with van der Waals surface area (Å²) in [6.45, 7) is 4.46. The van der Waals surface area contributed by atoms with Crippen LogP contribution in [0, 0.1) is 10.8 Å². The van der Waals surface area contributed by atoms with E-state index in [1.165, 1.54) is 5.39 Å². The number of ether oxygens (including phenoxy) is 1. The second-order valence-corrected chi connectivity index (χ2v) is 6.46. The summed E-state index contributed by atoms with van der Waals surface area (Å²) in [6.07, 6.45) is 0.723. The van der Waals surface area contributed by atoms with Crippen molar-refractivity contribution in [2.75, 3.05) is 6.61 Å². The molecule has 3 nitrogen and oxygen atoms in total. The Balaban J connectivity index is 2.04. The molecule has 106 valence electrons. The number of nitrogens with two attached hydrogens (primary N) is 1. The van der Waals surface area contributed by atoms with Crippen molar-refractivity contribution in [3.05, 3.63) is 40.9 Å². The molecule has 0 aliphatic carbocycles. The number of benzene rings is 2. The SMILES string of the molecule is CC(C)(CCOc1ccc2cc(Br)ccc2c1)C(=N)N. The number of hydrogen-bond donors (Lipinski definition) is 2. The molecule has 0 aliphatic heterocycles. The maximum Gasteiger partial charge on any atom is 0.119 e. The highest BCUT2D eigenvalue weighted by atomic mass is 79.9. The Bertz CT molecular complexity index is 637. The standard InChI is InChI=1S/C16H19BrN2O/c1-16(2,15(18)19)7-8-20-14-6-4-11-9-13(17)5-3-12(11)10-14/h3-6,9-10H,7-8H2,1-2H3,(H3,18,19). The maximum atomic E-state index is 7.53. The van der Waals surface area contributed by atoms with Gasteiger partial charge < -0.3 is 10.5 Å². The van der Waals surface area contributed by atoms with Gasteiger partial charge in [0.25, 0.3) is 0 Å². The molecule has 2 aromatic rings. The predicted molar refractivity (Wildman–Crippen MR) is 87.5 cm³/mol. The van der Waals surface area contributed by atoms with E-state index >= 15 is 0 Å². The van der Waals surface area contributed by atoms with Crippen LogP contribution in [0.3, 0.4) is 0 Å². The van der Waals surface area contributed by atoms with Gasteiger partial charge in [-0.05, 0) is 41.5 Å². The molecular formula is C16H19BrN2O. The minimum atomic E-state index is -0.318. The minimum Gasteiger partial charge on any atom is -0.494 e. The van der Waals surface area contributed by atoms with Crippen molar-refractivity contribution in [2.45, 2.75) is 20.3 Å². The highest BCUT2D eigenvalue weighted by Gasteiger charge is 2.21. The van der Waals surface area contributed by atoms with E-state index in [9.17, 15) is 0 Å². The Morgan fingerprint density at radius 2 is 1.85 bits per heavy atom. The molecule has 0 aromatic heterocycles. The van der Waals surface area contributed by atoms with Crippen LogP contribution in [0.2, 0.25) is 0 Å². The number of amidine groups is 1. The predicted octanol–water partition coefficient (Wildman–Crippen LogP) is 4.33. The van der Waals surface area contributed by atoms with Crippen molar-refractivity contribution in [2.24, 2.45) is 11.1 Å². The average molecular weight is 335 g/mol. The van der Waals surface area contributed by atoms with Gasteiger partial charge in [-0.2, -0.15) is 0 Å². The van der Waals surface area contributed by atoms with Crippen molar-refractivity contribution < 1.29 is 4.74 Å². The van der Waals surface area contributed by atoms with Crippen molar-refractivity contribution in [1.82, 2.24) is 0 Å². The van der Waals surface area contributed by atoms with Crippen LogP contribution in [0.4, 0.5) is 0 Å². The minimum absolute atomic E-state index is 0.199. The van der Waals surface area contributed by atoms with Crippen LogP contribution >= 0.6 is 15.9 Å². The molecular weight excluding hydrogens is 316 g/mol. The molecule has 0 bridgehead atoms. The van der Waals surface area contributed by atoms with Gasteiger partial charge in [0, 0.05) is 9.89 Å². The average Bonchev–Trinajstić information content (AvgIpc) is 2.38. The molecule has 0 fully saturated rings. The number of fused-ring (bicyclic) bond motifs is 1. The first-order valence-electron chi connectivity index (χ1n) is 6.55. The Kier molecular flexibility index (Phi) is 4.33. The lowest BCUT2D eigenvalue weighted by Gasteiger charge is -2.22. The van der Waals surface area contributed by atoms with Crippen LogP contribution < -0.4 is 10.5 Å². The highest BCUT2D eigenvalue weighted by molar-refractivity contribution is 9.10. The van der Waals surface area contributed by atoms with Gasteiger partial charge in [0.1, 0.15) is 5.75 Å². The fourth-order valence-corrected chi connectivity index (χ4v) is 2.22. The van der Waals surface area contributed by atoms with E-state index in [1.54, 1.807) is 0 Å². The van der Waals surface area contributed by atoms with Crippen molar-refractivity contribution in [1.29, 1.82) is 5.41 Å². The Morgan fingerprint density at radius 1 is 1.20 bits per heavy atom. The van der Waals surface area contributed by atoms with Gasteiger partial charge in [0.15, 0.2) is 0 Å². The van der Waals surface area contributed by atoms with Gasteiger partial charge in [-0.3, -0.25) is 5.41 Å². The molecule has 0 saturated heterocycles. The molecule has 3 N–H and O–H groups in total. The fourth-order valence-electron chi connectivity index (χ4n) is 1.84. The third-order valence-electron chi connectivity index (χ3n) is 3.50. The zero-order chi connectivity index (χ0) is 14.8. The zero-order valence-corrected chi connectivity index (χ0v) is 13.3. The van der Waals surface area contributed by atoms with E-state index in [0.717, 1.165) is 22.0 Å². The lowest BCUT2D eigenvalue weighted by Crippen LogP contribution is -2.32. The topological polar surface area (TPSA) is 59.1 Å². The van der Waals surface area contributed by atoms with Crippen LogP contribution in [0.5, 0.6) is 5.75 Å². The fraction of sp³-hybridized carbons (Fsp3) is 0.312. The lowest BCUT2D eigenvalue weighted by atomic mass is 9.88. The molecule has 2 rings (SSSR count). The van der Waals surface area contributed by atoms with Crippen molar-refractivity contribution in [3.63, 3.8) is 0 Å². The van der Waals surface area contributed by atoms with Crippen LogP contribution in [0.1, 0.15) is 20.3 Å². The second kappa shape index (κ2) is 5.83. The summed E-state index contributed by atoms with van der Waals surface area (Å²) in [5.74, 6) is 1.05. The van der Waals surface area contributed by atoms with Gasteiger partial charge in [-0.1, -0.05) is 41.9 Å². The van der Waals surface area contributed by atoms with Crippen LogP contribution in [-0.4, -0.2) is 12.4 Å². The molecule has 0 aliphatic rings. The van der Waals surface area contributed by atoms with Gasteiger partial charge in [0.05, 0.1) is 12.4 Å². The third-order valence-corrected chi connectivity index (χ3v) is 3.99.